The first-order valence-electron chi connectivity index (χ1n) is 6.24. The van der Waals surface area contributed by atoms with Crippen LogP contribution < -0.4 is 5.32 Å². The second-order valence-corrected chi connectivity index (χ2v) is 6.29. The van der Waals surface area contributed by atoms with E-state index in [1.54, 1.807) is 18.5 Å². The molecule has 0 saturated carbocycles. The van der Waals surface area contributed by atoms with Gasteiger partial charge in [0, 0.05) is 22.4 Å². The summed E-state index contributed by atoms with van der Waals surface area (Å²) in [7, 11) is 0. The minimum atomic E-state index is -0.147. The molecule has 0 aliphatic carbocycles. The number of aromatic nitrogens is 1. The average Bonchev–Trinajstić information content (AvgIpc) is 2.49. The topological polar surface area (TPSA) is 42.0 Å². The highest BCUT2D eigenvalue weighted by atomic mass is 79.9. The first-order chi connectivity index (χ1) is 10.1. The first-order valence-corrected chi connectivity index (χ1v) is 7.82. The Morgan fingerprint density at radius 2 is 1.76 bits per heavy atom. The number of pyridine rings is 1. The number of carbonyl (C=O) groups is 1. The van der Waals surface area contributed by atoms with Crippen molar-refractivity contribution in [1.29, 1.82) is 0 Å². The Labute approximate surface area is 138 Å². The van der Waals surface area contributed by atoms with Gasteiger partial charge in [0.2, 0.25) is 0 Å². The molecule has 0 aliphatic heterocycles. The smallest absolute Gasteiger partial charge is 0.255 e. The van der Waals surface area contributed by atoms with Crippen LogP contribution in [-0.2, 0) is 0 Å². The van der Waals surface area contributed by atoms with Crippen LogP contribution >= 0.6 is 31.9 Å². The van der Waals surface area contributed by atoms with Gasteiger partial charge in [-0.25, -0.2) is 0 Å². The van der Waals surface area contributed by atoms with Crippen molar-refractivity contribution in [2.75, 3.05) is 5.32 Å². The summed E-state index contributed by atoms with van der Waals surface area (Å²) in [5.41, 5.74) is 1.32. The number of nitrogens with zero attached hydrogens (tertiary/aromatic N) is 1. The van der Waals surface area contributed by atoms with E-state index in [0.717, 1.165) is 19.7 Å². The van der Waals surface area contributed by atoms with Gasteiger partial charge in [0.05, 0.1) is 10.2 Å². The van der Waals surface area contributed by atoms with Crippen LogP contribution in [0.15, 0.2) is 63.8 Å². The van der Waals surface area contributed by atoms with E-state index >= 15 is 0 Å². The molecule has 0 atom stereocenters. The quantitative estimate of drug-likeness (QED) is 0.650. The zero-order valence-electron chi connectivity index (χ0n) is 10.8. The molecule has 3 aromatic rings. The van der Waals surface area contributed by atoms with Crippen LogP contribution in [-0.4, -0.2) is 10.9 Å². The molecule has 3 rings (SSSR count). The number of fused-ring (bicyclic) bond motifs is 1. The van der Waals surface area contributed by atoms with Crippen LogP contribution in [0.4, 0.5) is 5.69 Å². The van der Waals surface area contributed by atoms with Gasteiger partial charge in [-0.05, 0) is 57.0 Å². The van der Waals surface area contributed by atoms with Crippen molar-refractivity contribution >= 4 is 54.2 Å². The van der Waals surface area contributed by atoms with Crippen LogP contribution in [0.3, 0.4) is 0 Å². The van der Waals surface area contributed by atoms with E-state index in [-0.39, 0.29) is 5.91 Å². The Morgan fingerprint density at radius 3 is 2.57 bits per heavy atom. The van der Waals surface area contributed by atoms with E-state index in [2.05, 4.69) is 42.2 Å². The number of benzene rings is 2. The Kier molecular flexibility index (Phi) is 4.03. The summed E-state index contributed by atoms with van der Waals surface area (Å²) in [4.78, 5) is 16.3. The van der Waals surface area contributed by atoms with Gasteiger partial charge in [0.1, 0.15) is 0 Å². The van der Waals surface area contributed by atoms with Crippen molar-refractivity contribution in [2.45, 2.75) is 0 Å². The zero-order valence-corrected chi connectivity index (χ0v) is 14.0. The second-order valence-electron chi connectivity index (χ2n) is 4.52. The zero-order chi connectivity index (χ0) is 14.8. The lowest BCUT2D eigenvalue weighted by Gasteiger charge is -2.08. The summed E-state index contributed by atoms with van der Waals surface area (Å²) >= 11 is 6.80. The molecule has 1 heterocycles. The van der Waals surface area contributed by atoms with Crippen molar-refractivity contribution in [1.82, 2.24) is 4.98 Å². The van der Waals surface area contributed by atoms with Gasteiger partial charge in [-0.1, -0.05) is 28.1 Å². The van der Waals surface area contributed by atoms with Crippen molar-refractivity contribution in [2.24, 2.45) is 0 Å². The lowest BCUT2D eigenvalue weighted by atomic mass is 10.1. The molecule has 0 radical (unpaired) electrons. The molecule has 1 aromatic heterocycles. The van der Waals surface area contributed by atoms with Crippen LogP contribution in [0.5, 0.6) is 0 Å². The van der Waals surface area contributed by atoms with E-state index in [0.29, 0.717) is 11.3 Å². The van der Waals surface area contributed by atoms with Gasteiger partial charge < -0.3 is 5.32 Å². The monoisotopic (exact) mass is 404 g/mol. The van der Waals surface area contributed by atoms with Crippen molar-refractivity contribution in [3.05, 3.63) is 69.4 Å². The molecule has 1 amide bonds. The minimum Gasteiger partial charge on any atom is -0.321 e. The van der Waals surface area contributed by atoms with E-state index in [1.807, 2.05) is 36.4 Å². The molecule has 0 saturated heterocycles. The third-order valence-electron chi connectivity index (χ3n) is 3.09. The standard InChI is InChI=1S/C16H10Br2N2O/c17-13-4-3-10-7-12(2-1-11(10)8-13)16(21)20-15-5-6-19-9-14(15)18/h1-9H,(H,19,20,21). The predicted octanol–water partition coefficient (Wildman–Crippen LogP) is 5.01. The maximum absolute atomic E-state index is 12.3. The molecule has 0 aliphatic rings. The van der Waals surface area contributed by atoms with Crippen molar-refractivity contribution in [3.8, 4) is 0 Å². The Balaban J connectivity index is 1.91. The lowest BCUT2D eigenvalue weighted by Crippen LogP contribution is -2.12. The number of anilines is 1. The highest BCUT2D eigenvalue weighted by molar-refractivity contribution is 9.10. The Bertz CT molecular complexity index is 833. The second kappa shape index (κ2) is 5.95. The van der Waals surface area contributed by atoms with Crippen LogP contribution in [0.1, 0.15) is 10.4 Å². The fourth-order valence-corrected chi connectivity index (χ4v) is 2.76. The van der Waals surface area contributed by atoms with Crippen molar-refractivity contribution < 1.29 is 4.79 Å². The molecule has 0 bridgehead atoms. The fraction of sp³-hybridized carbons (Fsp3) is 0. The SMILES string of the molecule is O=C(Nc1ccncc1Br)c1ccc2cc(Br)ccc2c1. The van der Waals surface area contributed by atoms with E-state index < -0.39 is 0 Å². The Hall–Kier alpha value is -1.72. The van der Waals surface area contributed by atoms with Crippen LogP contribution in [0.25, 0.3) is 10.8 Å². The molecular weight excluding hydrogens is 396 g/mol. The molecule has 3 nitrogen and oxygen atoms in total. The maximum atomic E-state index is 12.3. The summed E-state index contributed by atoms with van der Waals surface area (Å²) < 4.78 is 1.77. The lowest BCUT2D eigenvalue weighted by molar-refractivity contribution is 0.102. The molecule has 0 unspecified atom stereocenters. The van der Waals surface area contributed by atoms with Gasteiger partial charge in [0.25, 0.3) is 5.91 Å². The summed E-state index contributed by atoms with van der Waals surface area (Å²) in [6, 6.07) is 13.4. The normalized spacial score (nSPS) is 10.6. The third-order valence-corrected chi connectivity index (χ3v) is 4.21. The van der Waals surface area contributed by atoms with Crippen LogP contribution in [0.2, 0.25) is 0 Å². The predicted molar refractivity (Wildman–Crippen MR) is 91.5 cm³/mol. The molecule has 2 aromatic carbocycles. The number of halogens is 2. The average molecular weight is 406 g/mol. The number of carbonyl (C=O) groups excluding carboxylic acids is 1. The minimum absolute atomic E-state index is 0.147. The molecule has 104 valence electrons. The molecular formula is C16H10Br2N2O. The number of nitrogens with one attached hydrogen (secondary N) is 1. The van der Waals surface area contributed by atoms with Crippen molar-refractivity contribution in [3.63, 3.8) is 0 Å². The van der Waals surface area contributed by atoms with E-state index in [4.69, 9.17) is 0 Å². The number of hydrogen-bond acceptors (Lipinski definition) is 2. The largest absolute Gasteiger partial charge is 0.321 e. The summed E-state index contributed by atoms with van der Waals surface area (Å²) in [6.07, 6.45) is 3.28. The van der Waals surface area contributed by atoms with E-state index in [1.165, 1.54) is 0 Å². The van der Waals surface area contributed by atoms with Crippen LogP contribution in [0, 0.1) is 0 Å². The third kappa shape index (κ3) is 3.14. The molecule has 5 heteroatoms. The molecule has 0 spiro atoms. The Morgan fingerprint density at radius 1 is 1.00 bits per heavy atom. The number of amides is 1. The number of hydrogen-bond donors (Lipinski definition) is 1. The highest BCUT2D eigenvalue weighted by Gasteiger charge is 2.09. The molecule has 0 fully saturated rings. The summed E-state index contributed by atoms with van der Waals surface area (Å²) in [5.74, 6) is -0.147. The van der Waals surface area contributed by atoms with Gasteiger partial charge in [-0.2, -0.15) is 0 Å². The summed E-state index contributed by atoms with van der Waals surface area (Å²) in [6.45, 7) is 0. The van der Waals surface area contributed by atoms with E-state index in [9.17, 15) is 4.79 Å². The maximum Gasteiger partial charge on any atom is 0.255 e. The van der Waals surface area contributed by atoms with Gasteiger partial charge >= 0.3 is 0 Å². The number of rotatable bonds is 2. The molecule has 21 heavy (non-hydrogen) atoms. The van der Waals surface area contributed by atoms with Gasteiger partial charge in [-0.3, -0.25) is 9.78 Å². The molecule has 1 N–H and O–H groups in total. The first kappa shape index (κ1) is 14.2. The highest BCUT2D eigenvalue weighted by Crippen LogP contribution is 2.23. The van der Waals surface area contributed by atoms with Gasteiger partial charge in [-0.15, -0.1) is 0 Å². The summed E-state index contributed by atoms with van der Waals surface area (Å²) in [5, 5.41) is 4.98. The fourth-order valence-electron chi connectivity index (χ4n) is 2.03. The van der Waals surface area contributed by atoms with Gasteiger partial charge in [0.15, 0.2) is 0 Å².